The average Bonchev–Trinajstić information content (AvgIpc) is 2.70. The third-order valence-corrected chi connectivity index (χ3v) is 3.54. The Kier molecular flexibility index (Phi) is 2.52. The number of likely N-dealkylation sites (tertiary alicyclic amines) is 1. The smallest absolute Gasteiger partial charge is 0.308 e. The monoisotopic (exact) mass is 212 g/mol. The van der Waals surface area contributed by atoms with Crippen LogP contribution in [0.5, 0.6) is 0 Å². The predicted molar refractivity (Wildman–Crippen MR) is 53.5 cm³/mol. The Hall–Kier alpha value is -0.940. The molecule has 2 heterocycles. The summed E-state index contributed by atoms with van der Waals surface area (Å²) in [5.41, 5.74) is 1.76. The number of rotatable bonds is 2. The fourth-order valence-electron chi connectivity index (χ4n) is 1.95. The van der Waals surface area contributed by atoms with Crippen LogP contribution in [0.3, 0.4) is 0 Å². The maximum atomic E-state index is 11.0. The predicted octanol–water partition coefficient (Wildman–Crippen LogP) is 0.873. The molecule has 1 aliphatic rings. The molecule has 14 heavy (non-hydrogen) atoms. The number of hydrogen-bond acceptors (Lipinski definition) is 4. The lowest BCUT2D eigenvalue weighted by Gasteiger charge is -2.11. The van der Waals surface area contributed by atoms with Gasteiger partial charge in [-0.25, -0.2) is 0 Å². The lowest BCUT2D eigenvalue weighted by Crippen LogP contribution is -2.21. The van der Waals surface area contributed by atoms with Gasteiger partial charge in [0.15, 0.2) is 0 Å². The largest absolute Gasteiger partial charge is 0.481 e. The maximum absolute atomic E-state index is 11.0. The number of carboxylic acids is 1. The van der Waals surface area contributed by atoms with Gasteiger partial charge in [-0.15, -0.1) is 11.3 Å². The van der Waals surface area contributed by atoms with Gasteiger partial charge in [0.2, 0.25) is 0 Å². The van der Waals surface area contributed by atoms with Crippen molar-refractivity contribution in [2.45, 2.75) is 5.92 Å². The number of carbonyl (C=O) groups is 1. The van der Waals surface area contributed by atoms with Crippen molar-refractivity contribution >= 4 is 17.3 Å². The van der Waals surface area contributed by atoms with Crippen molar-refractivity contribution in [2.75, 3.05) is 20.1 Å². The minimum atomic E-state index is -0.701. The third-order valence-electron chi connectivity index (χ3n) is 2.64. The first-order valence-electron chi connectivity index (χ1n) is 4.48. The molecule has 1 saturated heterocycles. The van der Waals surface area contributed by atoms with E-state index in [1.165, 1.54) is 0 Å². The Morgan fingerprint density at radius 3 is 3.07 bits per heavy atom. The minimum Gasteiger partial charge on any atom is -0.481 e. The summed E-state index contributed by atoms with van der Waals surface area (Å²) >= 11 is 1.54. The molecule has 2 unspecified atom stereocenters. The fourth-order valence-corrected chi connectivity index (χ4v) is 2.73. The number of likely N-dealkylation sites (N-methyl/N-ethyl adjacent to an activating group) is 1. The van der Waals surface area contributed by atoms with E-state index in [9.17, 15) is 4.79 Å². The Balaban J connectivity index is 2.21. The molecule has 1 aliphatic heterocycles. The third kappa shape index (κ3) is 1.65. The molecule has 5 heteroatoms. The highest BCUT2D eigenvalue weighted by molar-refractivity contribution is 7.09. The first-order chi connectivity index (χ1) is 6.68. The summed E-state index contributed by atoms with van der Waals surface area (Å²) in [5, 5.41) is 9.06. The number of hydrogen-bond donors (Lipinski definition) is 1. The second kappa shape index (κ2) is 3.67. The molecular formula is C9H12N2O2S. The van der Waals surface area contributed by atoms with Crippen molar-refractivity contribution in [1.82, 2.24) is 9.88 Å². The topological polar surface area (TPSA) is 53.4 Å². The van der Waals surface area contributed by atoms with Gasteiger partial charge in [0.1, 0.15) is 0 Å². The minimum absolute atomic E-state index is 0.116. The van der Waals surface area contributed by atoms with Gasteiger partial charge in [-0.1, -0.05) is 0 Å². The molecule has 2 atom stereocenters. The lowest BCUT2D eigenvalue weighted by atomic mass is 9.95. The van der Waals surface area contributed by atoms with Crippen molar-refractivity contribution in [3.63, 3.8) is 0 Å². The molecule has 1 fully saturated rings. The van der Waals surface area contributed by atoms with Crippen LogP contribution in [-0.2, 0) is 4.79 Å². The molecule has 0 aliphatic carbocycles. The van der Waals surface area contributed by atoms with E-state index in [4.69, 9.17) is 5.11 Å². The highest BCUT2D eigenvalue weighted by Crippen LogP contribution is 2.33. The Labute approximate surface area is 86.2 Å². The number of aromatic nitrogens is 1. The summed E-state index contributed by atoms with van der Waals surface area (Å²) in [7, 11) is 1.96. The van der Waals surface area contributed by atoms with Crippen LogP contribution >= 0.6 is 11.3 Å². The molecule has 76 valence electrons. The van der Waals surface area contributed by atoms with Crippen LogP contribution in [0.4, 0.5) is 0 Å². The van der Waals surface area contributed by atoms with E-state index in [0.29, 0.717) is 6.54 Å². The highest BCUT2D eigenvalue weighted by atomic mass is 32.1. The zero-order valence-electron chi connectivity index (χ0n) is 7.88. The van der Waals surface area contributed by atoms with Crippen LogP contribution in [0.25, 0.3) is 0 Å². The second-order valence-corrected chi connectivity index (χ2v) is 4.59. The Morgan fingerprint density at radius 2 is 2.50 bits per heavy atom. The maximum Gasteiger partial charge on any atom is 0.308 e. The van der Waals surface area contributed by atoms with Gasteiger partial charge in [-0.3, -0.25) is 9.78 Å². The Bertz CT molecular complexity index is 326. The zero-order chi connectivity index (χ0) is 10.1. The summed E-state index contributed by atoms with van der Waals surface area (Å²) in [4.78, 5) is 18.1. The number of carboxylic acid groups (broad SMARTS) is 1. The van der Waals surface area contributed by atoms with E-state index in [-0.39, 0.29) is 11.8 Å². The van der Waals surface area contributed by atoms with Crippen LogP contribution in [0.1, 0.15) is 10.8 Å². The molecule has 4 nitrogen and oxygen atoms in total. The van der Waals surface area contributed by atoms with Crippen LogP contribution in [0, 0.1) is 5.92 Å². The molecule has 0 spiro atoms. The van der Waals surface area contributed by atoms with E-state index in [2.05, 4.69) is 9.88 Å². The van der Waals surface area contributed by atoms with Crippen LogP contribution < -0.4 is 0 Å². The van der Waals surface area contributed by atoms with E-state index >= 15 is 0 Å². The summed E-state index contributed by atoms with van der Waals surface area (Å²) in [6.45, 7) is 1.46. The average molecular weight is 212 g/mol. The summed E-state index contributed by atoms with van der Waals surface area (Å²) in [5.74, 6) is -0.863. The van der Waals surface area contributed by atoms with Gasteiger partial charge < -0.3 is 10.0 Å². The quantitative estimate of drug-likeness (QED) is 0.790. The molecule has 1 aromatic heterocycles. The molecule has 1 N–H and O–H groups in total. The summed E-state index contributed by atoms with van der Waals surface area (Å²) in [6, 6.07) is 0. The van der Waals surface area contributed by atoms with E-state index in [1.54, 1.807) is 23.0 Å². The van der Waals surface area contributed by atoms with Gasteiger partial charge >= 0.3 is 5.97 Å². The summed E-state index contributed by atoms with van der Waals surface area (Å²) in [6.07, 6.45) is 1.78. The molecular weight excluding hydrogens is 200 g/mol. The van der Waals surface area contributed by atoms with Crippen molar-refractivity contribution in [3.8, 4) is 0 Å². The normalized spacial score (nSPS) is 28.1. The van der Waals surface area contributed by atoms with Gasteiger partial charge in [-0.05, 0) is 7.05 Å². The van der Waals surface area contributed by atoms with Crippen molar-refractivity contribution in [1.29, 1.82) is 0 Å². The summed E-state index contributed by atoms with van der Waals surface area (Å²) < 4.78 is 0. The van der Waals surface area contributed by atoms with Gasteiger partial charge in [0.05, 0.1) is 11.4 Å². The zero-order valence-corrected chi connectivity index (χ0v) is 8.70. The highest BCUT2D eigenvalue weighted by Gasteiger charge is 2.37. The first kappa shape index (κ1) is 9.61. The van der Waals surface area contributed by atoms with Crippen molar-refractivity contribution in [2.24, 2.45) is 5.92 Å². The number of aliphatic carboxylic acids is 1. The van der Waals surface area contributed by atoms with Gasteiger partial charge in [0, 0.05) is 30.1 Å². The molecule has 0 aromatic carbocycles. The van der Waals surface area contributed by atoms with Crippen LogP contribution in [0.15, 0.2) is 11.7 Å². The Morgan fingerprint density at radius 1 is 1.71 bits per heavy atom. The number of thiazole rings is 1. The number of nitrogens with zero attached hydrogens (tertiary/aromatic N) is 2. The van der Waals surface area contributed by atoms with E-state index in [1.807, 2.05) is 7.05 Å². The van der Waals surface area contributed by atoms with Crippen molar-refractivity contribution in [3.05, 3.63) is 16.6 Å². The molecule has 0 bridgehead atoms. The molecule has 0 saturated carbocycles. The fraction of sp³-hybridized carbons (Fsp3) is 0.556. The molecule has 0 radical (unpaired) electrons. The molecule has 0 amide bonds. The lowest BCUT2D eigenvalue weighted by molar-refractivity contribution is -0.141. The standard InChI is InChI=1S/C9H12N2O2S/c1-11-3-6(7(4-11)9(12)13)8-2-10-5-14-8/h2,5-7H,3-4H2,1H3,(H,12,13). The van der Waals surface area contributed by atoms with E-state index < -0.39 is 5.97 Å². The second-order valence-electron chi connectivity index (χ2n) is 3.68. The molecule has 1 aromatic rings. The van der Waals surface area contributed by atoms with Crippen LogP contribution in [-0.4, -0.2) is 41.1 Å². The first-order valence-corrected chi connectivity index (χ1v) is 5.36. The van der Waals surface area contributed by atoms with Crippen molar-refractivity contribution < 1.29 is 9.90 Å². The van der Waals surface area contributed by atoms with Gasteiger partial charge in [-0.2, -0.15) is 0 Å². The van der Waals surface area contributed by atoms with Crippen LogP contribution in [0.2, 0.25) is 0 Å². The molecule has 2 rings (SSSR count). The van der Waals surface area contributed by atoms with Gasteiger partial charge in [0.25, 0.3) is 0 Å². The van der Waals surface area contributed by atoms with E-state index in [0.717, 1.165) is 11.4 Å². The SMILES string of the molecule is CN1CC(C(=O)O)C(c2cncs2)C1.